The summed E-state index contributed by atoms with van der Waals surface area (Å²) in [6.07, 6.45) is 3.35. The molecule has 0 unspecified atom stereocenters. The topological polar surface area (TPSA) is 58.2 Å². The van der Waals surface area contributed by atoms with Crippen LogP contribution in [-0.2, 0) is 16.0 Å². The van der Waals surface area contributed by atoms with Gasteiger partial charge in [0, 0.05) is 20.5 Å². The van der Waals surface area contributed by atoms with Gasteiger partial charge in [0.25, 0.3) is 0 Å². The third-order valence-electron chi connectivity index (χ3n) is 2.73. The van der Waals surface area contributed by atoms with Crippen LogP contribution in [0.3, 0.4) is 0 Å². The molecule has 1 amide bonds. The van der Waals surface area contributed by atoms with Gasteiger partial charge in [0.2, 0.25) is 5.91 Å². The number of hydrogen-bond acceptors (Lipinski definition) is 3. The predicted octanol–water partition coefficient (Wildman–Crippen LogP) is 3.68. The molecule has 0 bridgehead atoms. The Bertz CT molecular complexity index is 398. The van der Waals surface area contributed by atoms with E-state index in [4.69, 9.17) is 16.4 Å². The Kier molecular flexibility index (Phi) is 15.4. The van der Waals surface area contributed by atoms with Crippen LogP contribution in [-0.4, -0.2) is 26.8 Å². The first-order valence-corrected chi connectivity index (χ1v) is 7.51. The molecule has 0 aromatic heterocycles. The second-order valence-corrected chi connectivity index (χ2v) is 4.29. The van der Waals surface area contributed by atoms with E-state index >= 15 is 0 Å². The monoisotopic (exact) mass is 314 g/mol. The van der Waals surface area contributed by atoms with Crippen LogP contribution in [0.1, 0.15) is 38.7 Å². The molecule has 0 spiro atoms. The summed E-state index contributed by atoms with van der Waals surface area (Å²) in [5.41, 5.74) is 2.09. The van der Waals surface area contributed by atoms with Gasteiger partial charge in [0.15, 0.2) is 0 Å². The van der Waals surface area contributed by atoms with Gasteiger partial charge in [-0.15, -0.1) is 0 Å². The SMILES string of the molecule is C=O.CC.CNC(=O)CCCCc1cccc(NC)c1Cl. The van der Waals surface area contributed by atoms with Crippen molar-refractivity contribution in [2.24, 2.45) is 0 Å². The summed E-state index contributed by atoms with van der Waals surface area (Å²) in [4.78, 5) is 19.0. The number of rotatable bonds is 6. The largest absolute Gasteiger partial charge is 0.387 e. The van der Waals surface area contributed by atoms with Crippen molar-refractivity contribution in [2.45, 2.75) is 39.5 Å². The van der Waals surface area contributed by atoms with Gasteiger partial charge in [-0.25, -0.2) is 0 Å². The third kappa shape index (κ3) is 9.08. The van der Waals surface area contributed by atoms with E-state index in [0.29, 0.717) is 6.42 Å². The molecule has 0 fully saturated rings. The van der Waals surface area contributed by atoms with Crippen LogP contribution in [0.5, 0.6) is 0 Å². The molecule has 0 atom stereocenters. The number of carbonyl (C=O) groups excluding carboxylic acids is 2. The quantitative estimate of drug-likeness (QED) is 0.787. The minimum atomic E-state index is 0.0973. The fourth-order valence-corrected chi connectivity index (χ4v) is 2.01. The van der Waals surface area contributed by atoms with Crippen LogP contribution in [0, 0.1) is 0 Å². The fourth-order valence-electron chi connectivity index (χ4n) is 1.69. The van der Waals surface area contributed by atoms with Gasteiger partial charge in [0.1, 0.15) is 6.79 Å². The minimum Gasteiger partial charge on any atom is -0.387 e. The Balaban J connectivity index is 0. The van der Waals surface area contributed by atoms with E-state index in [1.165, 1.54) is 0 Å². The Morgan fingerprint density at radius 1 is 1.19 bits per heavy atom. The summed E-state index contributed by atoms with van der Waals surface area (Å²) in [6.45, 7) is 6.00. The van der Waals surface area contributed by atoms with Crippen LogP contribution in [0.4, 0.5) is 5.69 Å². The van der Waals surface area contributed by atoms with Gasteiger partial charge >= 0.3 is 0 Å². The molecule has 0 heterocycles. The molecule has 2 N–H and O–H groups in total. The lowest BCUT2D eigenvalue weighted by molar-refractivity contribution is -0.120. The highest BCUT2D eigenvalue weighted by Gasteiger charge is 2.05. The highest BCUT2D eigenvalue weighted by atomic mass is 35.5. The summed E-state index contributed by atoms with van der Waals surface area (Å²) in [6, 6.07) is 5.98. The molecule has 21 heavy (non-hydrogen) atoms. The van der Waals surface area contributed by atoms with Gasteiger partial charge in [-0.3, -0.25) is 4.79 Å². The summed E-state index contributed by atoms with van der Waals surface area (Å²) in [5, 5.41) is 6.46. The molecule has 0 aliphatic carbocycles. The molecule has 0 radical (unpaired) electrons. The first-order chi connectivity index (χ1) is 10.2. The van der Waals surface area contributed by atoms with Crippen LogP contribution in [0.2, 0.25) is 5.02 Å². The molecule has 0 saturated heterocycles. The first-order valence-electron chi connectivity index (χ1n) is 7.13. The number of unbranched alkanes of at least 4 members (excludes halogenated alkanes) is 1. The normalized spacial score (nSPS) is 8.62. The minimum absolute atomic E-state index is 0.0973. The van der Waals surface area contributed by atoms with Crippen LogP contribution >= 0.6 is 11.6 Å². The number of carbonyl (C=O) groups is 2. The van der Waals surface area contributed by atoms with E-state index in [1.807, 2.05) is 45.9 Å². The van der Waals surface area contributed by atoms with Crippen molar-refractivity contribution in [3.8, 4) is 0 Å². The van der Waals surface area contributed by atoms with Crippen LogP contribution < -0.4 is 10.6 Å². The average molecular weight is 315 g/mol. The summed E-state index contributed by atoms with van der Waals surface area (Å²) in [7, 11) is 3.52. The smallest absolute Gasteiger partial charge is 0.219 e. The summed E-state index contributed by atoms with van der Waals surface area (Å²) >= 11 is 6.24. The molecule has 0 saturated carbocycles. The highest BCUT2D eigenvalue weighted by Crippen LogP contribution is 2.26. The number of hydrogen-bond donors (Lipinski definition) is 2. The first kappa shape index (κ1) is 21.7. The van der Waals surface area contributed by atoms with Crippen molar-refractivity contribution in [3.05, 3.63) is 28.8 Å². The lowest BCUT2D eigenvalue weighted by Gasteiger charge is -2.08. The van der Waals surface area contributed by atoms with E-state index in [0.717, 1.165) is 35.5 Å². The van der Waals surface area contributed by atoms with E-state index in [9.17, 15) is 4.79 Å². The zero-order valence-corrected chi connectivity index (χ0v) is 14.2. The van der Waals surface area contributed by atoms with E-state index < -0.39 is 0 Å². The summed E-state index contributed by atoms with van der Waals surface area (Å²) in [5.74, 6) is 0.0973. The molecule has 0 aliphatic rings. The molecular formula is C16H27ClN2O2. The number of anilines is 1. The molecule has 120 valence electrons. The van der Waals surface area contributed by atoms with Crippen molar-refractivity contribution in [2.75, 3.05) is 19.4 Å². The fraction of sp³-hybridized carbons (Fsp3) is 0.500. The molecule has 0 aliphatic heterocycles. The number of halogens is 1. The Labute approximate surface area is 133 Å². The number of benzene rings is 1. The van der Waals surface area contributed by atoms with Crippen molar-refractivity contribution >= 4 is 30.0 Å². The highest BCUT2D eigenvalue weighted by molar-refractivity contribution is 6.34. The second-order valence-electron chi connectivity index (χ2n) is 3.91. The molecule has 4 nitrogen and oxygen atoms in total. The molecule has 1 rings (SSSR count). The van der Waals surface area contributed by atoms with E-state index in [1.54, 1.807) is 7.05 Å². The standard InChI is InChI=1S/C13H19ClN2O.C2H6.CH2O/c1-15-11-8-5-7-10(13(11)14)6-3-4-9-12(17)16-2;2*1-2/h5,7-8,15H,3-4,6,9H2,1-2H3,(H,16,17);1-2H3;1H2. The second kappa shape index (κ2) is 14.9. The molecule has 5 heteroatoms. The van der Waals surface area contributed by atoms with Crippen molar-refractivity contribution in [1.29, 1.82) is 0 Å². The van der Waals surface area contributed by atoms with Crippen molar-refractivity contribution in [3.63, 3.8) is 0 Å². The lowest BCUT2D eigenvalue weighted by Crippen LogP contribution is -2.16. The zero-order chi connectivity index (χ0) is 16.7. The van der Waals surface area contributed by atoms with Crippen molar-refractivity contribution in [1.82, 2.24) is 5.32 Å². The van der Waals surface area contributed by atoms with Gasteiger partial charge < -0.3 is 15.4 Å². The lowest BCUT2D eigenvalue weighted by atomic mass is 10.1. The van der Waals surface area contributed by atoms with Crippen LogP contribution in [0.15, 0.2) is 18.2 Å². The maximum absolute atomic E-state index is 11.0. The maximum atomic E-state index is 11.0. The van der Waals surface area contributed by atoms with E-state index in [-0.39, 0.29) is 5.91 Å². The number of aryl methyl sites for hydroxylation is 1. The maximum Gasteiger partial charge on any atom is 0.219 e. The van der Waals surface area contributed by atoms with E-state index in [2.05, 4.69) is 10.6 Å². The third-order valence-corrected chi connectivity index (χ3v) is 3.17. The zero-order valence-electron chi connectivity index (χ0n) is 13.5. The van der Waals surface area contributed by atoms with Crippen LogP contribution in [0.25, 0.3) is 0 Å². The van der Waals surface area contributed by atoms with Gasteiger partial charge in [-0.05, 0) is 30.9 Å². The Morgan fingerprint density at radius 2 is 1.81 bits per heavy atom. The molecule has 1 aromatic rings. The number of amides is 1. The van der Waals surface area contributed by atoms with Crippen molar-refractivity contribution < 1.29 is 9.59 Å². The molecular weight excluding hydrogens is 288 g/mol. The Morgan fingerprint density at radius 3 is 2.33 bits per heavy atom. The average Bonchev–Trinajstić information content (AvgIpc) is 2.56. The Hall–Kier alpha value is -1.55. The summed E-state index contributed by atoms with van der Waals surface area (Å²) < 4.78 is 0. The number of nitrogens with one attached hydrogen (secondary N) is 2. The molecule has 1 aromatic carbocycles. The van der Waals surface area contributed by atoms with Gasteiger partial charge in [-0.1, -0.05) is 37.6 Å². The predicted molar refractivity (Wildman–Crippen MR) is 91.1 cm³/mol. The van der Waals surface area contributed by atoms with Gasteiger partial charge in [0.05, 0.1) is 10.7 Å². The van der Waals surface area contributed by atoms with Gasteiger partial charge in [-0.2, -0.15) is 0 Å².